The Morgan fingerprint density at radius 2 is 1.96 bits per heavy atom. The van der Waals surface area contributed by atoms with Gasteiger partial charge < -0.3 is 20.9 Å². The number of nitrogens with zero attached hydrogens (tertiary/aromatic N) is 3. The van der Waals surface area contributed by atoms with Gasteiger partial charge in [0.15, 0.2) is 0 Å². The first kappa shape index (κ1) is 22.1. The van der Waals surface area contributed by atoms with Crippen LogP contribution in [0.1, 0.15) is 31.7 Å². The van der Waals surface area contributed by atoms with E-state index in [1.54, 1.807) is 9.80 Å². The molecule has 1 saturated heterocycles. The number of primary amides is 1. The molecule has 1 unspecified atom stereocenters. The van der Waals surface area contributed by atoms with E-state index in [2.05, 4.69) is 10.3 Å². The highest BCUT2D eigenvalue weighted by molar-refractivity contribution is 6.33. The van der Waals surface area contributed by atoms with Gasteiger partial charge in [-0.15, -0.1) is 0 Å². The summed E-state index contributed by atoms with van der Waals surface area (Å²) in [4.78, 5) is 31.0. The molecule has 28 heavy (non-hydrogen) atoms. The Bertz CT molecular complexity index is 709. The first-order valence-corrected chi connectivity index (χ1v) is 9.33. The average molecular weight is 422 g/mol. The number of unbranched alkanes of at least 4 members (excludes halogenated alkanes) is 1. The van der Waals surface area contributed by atoms with E-state index in [1.807, 2.05) is 6.92 Å². The zero-order valence-electron chi connectivity index (χ0n) is 15.4. The van der Waals surface area contributed by atoms with Crippen LogP contribution in [0, 0.1) is 0 Å². The van der Waals surface area contributed by atoms with Gasteiger partial charge in [0.25, 0.3) is 0 Å². The molecule has 1 aliphatic rings. The lowest BCUT2D eigenvalue weighted by Gasteiger charge is -2.37. The van der Waals surface area contributed by atoms with E-state index in [0.29, 0.717) is 32.6 Å². The number of carbonyl (C=O) groups excluding carboxylic acids is 2. The Morgan fingerprint density at radius 3 is 2.46 bits per heavy atom. The molecule has 1 atom stereocenters. The van der Waals surface area contributed by atoms with E-state index in [0.717, 1.165) is 25.1 Å². The van der Waals surface area contributed by atoms with Gasteiger partial charge in [-0.2, -0.15) is 13.2 Å². The molecule has 156 valence electrons. The number of rotatable bonds is 6. The predicted molar refractivity (Wildman–Crippen MR) is 99.1 cm³/mol. The third-order valence-corrected chi connectivity index (χ3v) is 4.78. The van der Waals surface area contributed by atoms with Gasteiger partial charge in [0.2, 0.25) is 5.91 Å². The highest BCUT2D eigenvalue weighted by atomic mass is 35.5. The second kappa shape index (κ2) is 9.31. The number of anilines is 1. The van der Waals surface area contributed by atoms with Crippen molar-refractivity contribution in [3.05, 3.63) is 22.8 Å². The normalized spacial score (nSPS) is 16.0. The second-order valence-corrected chi connectivity index (χ2v) is 6.95. The van der Waals surface area contributed by atoms with Crippen molar-refractivity contribution in [3.8, 4) is 0 Å². The molecule has 2 rings (SSSR count). The fraction of sp³-hybridized carbons (Fsp3) is 0.588. The van der Waals surface area contributed by atoms with Crippen LogP contribution in [0.4, 0.5) is 23.8 Å². The Labute approximate surface area is 166 Å². The summed E-state index contributed by atoms with van der Waals surface area (Å²) < 4.78 is 38.2. The number of hydrogen-bond acceptors (Lipinski definition) is 4. The molecular weight excluding hydrogens is 399 g/mol. The number of hydrogen-bond donors (Lipinski definition) is 2. The van der Waals surface area contributed by atoms with E-state index in [-0.39, 0.29) is 16.7 Å². The number of urea groups is 1. The van der Waals surface area contributed by atoms with Gasteiger partial charge in [-0.3, -0.25) is 4.79 Å². The maximum atomic E-state index is 12.7. The van der Waals surface area contributed by atoms with Crippen molar-refractivity contribution in [2.45, 2.75) is 38.4 Å². The number of nitrogens with two attached hydrogens (primary N) is 1. The van der Waals surface area contributed by atoms with Gasteiger partial charge in [-0.25, -0.2) is 9.78 Å². The van der Waals surface area contributed by atoms with Gasteiger partial charge >= 0.3 is 12.2 Å². The quantitative estimate of drug-likeness (QED) is 0.738. The summed E-state index contributed by atoms with van der Waals surface area (Å²) in [5.74, 6) is 0.0259. The van der Waals surface area contributed by atoms with E-state index >= 15 is 0 Å². The Hall–Kier alpha value is -2.23. The number of amides is 3. The van der Waals surface area contributed by atoms with Crippen LogP contribution in [0.2, 0.25) is 5.02 Å². The van der Waals surface area contributed by atoms with Crippen molar-refractivity contribution in [1.29, 1.82) is 0 Å². The summed E-state index contributed by atoms with van der Waals surface area (Å²) in [5, 5.41) is 2.39. The molecule has 0 aliphatic carbocycles. The third kappa shape index (κ3) is 5.63. The van der Waals surface area contributed by atoms with Crippen molar-refractivity contribution >= 4 is 29.4 Å². The molecule has 1 aromatic heterocycles. The van der Waals surface area contributed by atoms with E-state index in [4.69, 9.17) is 17.3 Å². The summed E-state index contributed by atoms with van der Waals surface area (Å²) >= 11 is 5.99. The Morgan fingerprint density at radius 1 is 1.32 bits per heavy atom. The van der Waals surface area contributed by atoms with Crippen molar-refractivity contribution in [3.63, 3.8) is 0 Å². The highest BCUT2D eigenvalue weighted by Crippen LogP contribution is 2.33. The summed E-state index contributed by atoms with van der Waals surface area (Å²) in [6, 6.07) is -0.593. The van der Waals surface area contributed by atoms with Gasteiger partial charge in [0.05, 0.1) is 10.6 Å². The zero-order chi connectivity index (χ0) is 20.9. The fourth-order valence-corrected chi connectivity index (χ4v) is 3.30. The lowest BCUT2D eigenvalue weighted by atomic mass is 10.1. The lowest BCUT2D eigenvalue weighted by molar-refractivity contribution is -0.138. The second-order valence-electron chi connectivity index (χ2n) is 6.54. The highest BCUT2D eigenvalue weighted by Gasteiger charge is 2.33. The molecule has 0 aromatic carbocycles. The average Bonchev–Trinajstić information content (AvgIpc) is 2.63. The van der Waals surface area contributed by atoms with Crippen molar-refractivity contribution in [2.75, 3.05) is 31.1 Å². The van der Waals surface area contributed by atoms with Gasteiger partial charge in [-0.1, -0.05) is 31.4 Å². The maximum absolute atomic E-state index is 12.7. The maximum Gasteiger partial charge on any atom is 0.417 e. The number of carbonyl (C=O) groups is 2. The summed E-state index contributed by atoms with van der Waals surface area (Å²) in [7, 11) is 0. The minimum atomic E-state index is -4.51. The van der Waals surface area contributed by atoms with Gasteiger partial charge in [0, 0.05) is 32.4 Å². The van der Waals surface area contributed by atoms with Crippen LogP contribution >= 0.6 is 11.6 Å². The monoisotopic (exact) mass is 421 g/mol. The lowest BCUT2D eigenvalue weighted by Crippen LogP contribution is -2.55. The standard InChI is InChI=1S/C17H23ClF3N5O2/c1-2-3-4-13(24-16(22)28)15(27)26-7-5-25(6-8-26)14-12(18)9-11(10-23-14)17(19,20)21/h9-10,13H,2-8H2,1H3,(H3,22,24,28). The van der Waals surface area contributed by atoms with E-state index in [1.165, 1.54) is 0 Å². The molecule has 0 radical (unpaired) electrons. The smallest absolute Gasteiger partial charge is 0.352 e. The Balaban J connectivity index is 2.01. The largest absolute Gasteiger partial charge is 0.417 e. The Kier molecular flexibility index (Phi) is 7.34. The minimum absolute atomic E-state index is 0.0918. The summed E-state index contributed by atoms with van der Waals surface area (Å²) in [6.45, 7) is 3.37. The molecular formula is C17H23ClF3N5O2. The van der Waals surface area contributed by atoms with E-state index < -0.39 is 23.8 Å². The van der Waals surface area contributed by atoms with Crippen molar-refractivity contribution < 1.29 is 22.8 Å². The van der Waals surface area contributed by atoms with Crippen LogP contribution in [0.3, 0.4) is 0 Å². The first-order chi connectivity index (χ1) is 13.1. The topological polar surface area (TPSA) is 91.6 Å². The number of pyridine rings is 1. The van der Waals surface area contributed by atoms with Crippen LogP contribution in [-0.4, -0.2) is 54.0 Å². The summed E-state index contributed by atoms with van der Waals surface area (Å²) in [6.07, 6.45) is -1.64. The van der Waals surface area contributed by atoms with E-state index in [9.17, 15) is 22.8 Å². The molecule has 7 nitrogen and oxygen atoms in total. The van der Waals surface area contributed by atoms with Crippen molar-refractivity contribution in [2.24, 2.45) is 5.73 Å². The number of aromatic nitrogens is 1. The minimum Gasteiger partial charge on any atom is -0.352 e. The number of alkyl halides is 3. The van der Waals surface area contributed by atoms with Crippen molar-refractivity contribution in [1.82, 2.24) is 15.2 Å². The van der Waals surface area contributed by atoms with Gasteiger partial charge in [-0.05, 0) is 12.5 Å². The molecule has 1 aromatic rings. The molecule has 0 bridgehead atoms. The first-order valence-electron chi connectivity index (χ1n) is 8.96. The molecule has 1 fully saturated rings. The zero-order valence-corrected chi connectivity index (χ0v) is 16.2. The van der Waals surface area contributed by atoms with Crippen LogP contribution in [0.15, 0.2) is 12.3 Å². The molecule has 2 heterocycles. The van der Waals surface area contributed by atoms with Crippen LogP contribution < -0.4 is 16.0 Å². The molecule has 11 heteroatoms. The molecule has 0 saturated carbocycles. The summed E-state index contributed by atoms with van der Waals surface area (Å²) in [5.41, 5.74) is 4.25. The molecule has 1 aliphatic heterocycles. The predicted octanol–water partition coefficient (Wildman–Crippen LogP) is 2.63. The molecule has 0 spiro atoms. The number of piperazine rings is 1. The van der Waals surface area contributed by atoms with Crippen LogP contribution in [0.5, 0.6) is 0 Å². The SMILES string of the molecule is CCCCC(NC(N)=O)C(=O)N1CCN(c2ncc(C(F)(F)F)cc2Cl)CC1. The third-order valence-electron chi connectivity index (χ3n) is 4.50. The fourth-order valence-electron chi connectivity index (χ4n) is 3.01. The number of halogens is 4. The molecule has 3 N–H and O–H groups in total. The molecule has 3 amide bonds. The van der Waals surface area contributed by atoms with Crippen LogP contribution in [-0.2, 0) is 11.0 Å². The number of nitrogens with one attached hydrogen (secondary N) is 1. The van der Waals surface area contributed by atoms with Gasteiger partial charge in [0.1, 0.15) is 11.9 Å². The van der Waals surface area contributed by atoms with Crippen LogP contribution in [0.25, 0.3) is 0 Å².